The maximum absolute atomic E-state index is 5.19. The van der Waals surface area contributed by atoms with Gasteiger partial charge in [-0.15, -0.1) is 11.8 Å². The van der Waals surface area contributed by atoms with E-state index in [0.29, 0.717) is 12.5 Å². The van der Waals surface area contributed by atoms with Crippen LogP contribution < -0.4 is 5.32 Å². The van der Waals surface area contributed by atoms with E-state index in [9.17, 15) is 0 Å². The first-order valence-electron chi connectivity index (χ1n) is 10.3. The average Bonchev–Trinajstić information content (AvgIpc) is 3.31. The minimum atomic E-state index is 0.673. The van der Waals surface area contributed by atoms with Crippen LogP contribution in [0.5, 0.6) is 0 Å². The number of nitrogens with one attached hydrogen (secondary N) is 1. The number of hydrogen-bond acceptors (Lipinski definition) is 4. The van der Waals surface area contributed by atoms with Gasteiger partial charge in [-0.25, -0.2) is 0 Å². The Morgan fingerprint density at radius 1 is 1.31 bits per heavy atom. The summed E-state index contributed by atoms with van der Waals surface area (Å²) in [7, 11) is 3.59. The standard InChI is InChI=1S/C22H33N5OS/c1-17-21(18(2)27(25-17)12-13-28-4)14-24-22(23-3)26-11-10-19(15-26)16-29-20-8-6-5-7-9-20/h5-9,19H,10-16H2,1-4H3,(H,23,24). The second kappa shape index (κ2) is 10.7. The fraction of sp³-hybridized carbons (Fsp3) is 0.545. The summed E-state index contributed by atoms with van der Waals surface area (Å²) in [5.41, 5.74) is 3.51. The Balaban J connectivity index is 1.51. The number of thioether (sulfide) groups is 1. The highest BCUT2D eigenvalue weighted by molar-refractivity contribution is 7.99. The minimum absolute atomic E-state index is 0.673. The Morgan fingerprint density at radius 3 is 2.83 bits per heavy atom. The van der Waals surface area contributed by atoms with Gasteiger partial charge in [-0.05, 0) is 38.3 Å². The first kappa shape index (κ1) is 21.7. The van der Waals surface area contributed by atoms with Crippen LogP contribution in [0, 0.1) is 19.8 Å². The number of hydrogen-bond donors (Lipinski definition) is 1. The molecule has 0 saturated carbocycles. The third-order valence-corrected chi connectivity index (χ3v) is 6.73. The van der Waals surface area contributed by atoms with Crippen LogP contribution in [0.1, 0.15) is 23.4 Å². The molecule has 1 saturated heterocycles. The van der Waals surface area contributed by atoms with Crippen molar-refractivity contribution in [1.29, 1.82) is 0 Å². The number of benzene rings is 1. The molecule has 1 N–H and O–H groups in total. The molecule has 0 spiro atoms. The van der Waals surface area contributed by atoms with Gasteiger partial charge in [0, 0.05) is 55.7 Å². The SMILES string of the molecule is CN=C(NCc1c(C)nn(CCOC)c1C)N1CCC(CSc2ccccc2)C1. The van der Waals surface area contributed by atoms with Crippen molar-refractivity contribution in [1.82, 2.24) is 20.0 Å². The maximum Gasteiger partial charge on any atom is 0.193 e. The van der Waals surface area contributed by atoms with E-state index < -0.39 is 0 Å². The minimum Gasteiger partial charge on any atom is -0.383 e. The second-order valence-corrected chi connectivity index (χ2v) is 8.58. The van der Waals surface area contributed by atoms with E-state index in [2.05, 4.69) is 64.5 Å². The third kappa shape index (κ3) is 5.76. The van der Waals surface area contributed by atoms with E-state index in [-0.39, 0.29) is 0 Å². The predicted molar refractivity (Wildman–Crippen MR) is 121 cm³/mol. The van der Waals surface area contributed by atoms with Gasteiger partial charge >= 0.3 is 0 Å². The molecule has 2 heterocycles. The number of likely N-dealkylation sites (tertiary alicyclic amines) is 1. The number of rotatable bonds is 8. The Hall–Kier alpha value is -1.99. The monoisotopic (exact) mass is 415 g/mol. The van der Waals surface area contributed by atoms with Gasteiger partial charge in [0.1, 0.15) is 0 Å². The number of ether oxygens (including phenoxy) is 1. The molecule has 0 bridgehead atoms. The molecule has 29 heavy (non-hydrogen) atoms. The van der Waals surface area contributed by atoms with Crippen molar-refractivity contribution in [3.63, 3.8) is 0 Å². The summed E-state index contributed by atoms with van der Waals surface area (Å²) in [4.78, 5) is 8.27. The van der Waals surface area contributed by atoms with Gasteiger partial charge < -0.3 is 15.0 Å². The van der Waals surface area contributed by atoms with Crippen molar-refractivity contribution in [2.45, 2.75) is 38.3 Å². The molecule has 1 unspecified atom stereocenters. The summed E-state index contributed by atoms with van der Waals surface area (Å²) in [5.74, 6) is 2.84. The molecule has 7 heteroatoms. The second-order valence-electron chi connectivity index (χ2n) is 7.49. The van der Waals surface area contributed by atoms with Crippen molar-refractivity contribution >= 4 is 17.7 Å². The van der Waals surface area contributed by atoms with Crippen LogP contribution in [0.25, 0.3) is 0 Å². The molecule has 0 amide bonds. The lowest BCUT2D eigenvalue weighted by Crippen LogP contribution is -2.40. The van der Waals surface area contributed by atoms with Gasteiger partial charge in [0.05, 0.1) is 18.8 Å². The first-order chi connectivity index (χ1) is 14.1. The zero-order valence-corrected chi connectivity index (χ0v) is 18.8. The molecule has 2 aromatic rings. The van der Waals surface area contributed by atoms with E-state index in [1.165, 1.54) is 22.6 Å². The Bertz CT molecular complexity index is 805. The number of nitrogens with zero attached hydrogens (tertiary/aromatic N) is 4. The largest absolute Gasteiger partial charge is 0.383 e. The van der Waals surface area contributed by atoms with Crippen molar-refractivity contribution in [2.24, 2.45) is 10.9 Å². The Labute approximate surface area is 178 Å². The molecule has 158 valence electrons. The molecule has 0 aliphatic carbocycles. The molecule has 3 rings (SSSR count). The molecule has 6 nitrogen and oxygen atoms in total. The highest BCUT2D eigenvalue weighted by Gasteiger charge is 2.25. The smallest absolute Gasteiger partial charge is 0.193 e. The summed E-state index contributed by atoms with van der Waals surface area (Å²) in [6, 6.07) is 10.7. The normalized spacial score (nSPS) is 17.2. The van der Waals surface area contributed by atoms with Crippen LogP contribution >= 0.6 is 11.8 Å². The number of guanidine groups is 1. The van der Waals surface area contributed by atoms with E-state index >= 15 is 0 Å². The summed E-state index contributed by atoms with van der Waals surface area (Å²) in [5, 5.41) is 8.21. The maximum atomic E-state index is 5.19. The summed E-state index contributed by atoms with van der Waals surface area (Å²) in [6.07, 6.45) is 1.22. The van der Waals surface area contributed by atoms with Gasteiger partial charge in [0.15, 0.2) is 5.96 Å². The van der Waals surface area contributed by atoms with Gasteiger partial charge in [0.2, 0.25) is 0 Å². The summed E-state index contributed by atoms with van der Waals surface area (Å²) < 4.78 is 7.22. The number of methoxy groups -OCH3 is 1. The number of aromatic nitrogens is 2. The molecule has 1 aliphatic rings. The van der Waals surface area contributed by atoms with E-state index in [0.717, 1.165) is 43.6 Å². The Kier molecular flexibility index (Phi) is 8.00. The molecule has 0 radical (unpaired) electrons. The number of aliphatic imine (C=N–C) groups is 1. The zero-order chi connectivity index (χ0) is 20.6. The Morgan fingerprint density at radius 2 is 2.10 bits per heavy atom. The van der Waals surface area contributed by atoms with Gasteiger partial charge in [-0.2, -0.15) is 5.10 Å². The summed E-state index contributed by atoms with van der Waals surface area (Å²) in [6.45, 7) is 8.52. The molecular weight excluding hydrogens is 382 g/mol. The van der Waals surface area contributed by atoms with E-state index in [1.807, 2.05) is 23.5 Å². The molecule has 1 aromatic carbocycles. The molecular formula is C22H33N5OS. The first-order valence-corrected chi connectivity index (χ1v) is 11.3. The van der Waals surface area contributed by atoms with E-state index in [4.69, 9.17) is 4.74 Å². The van der Waals surface area contributed by atoms with Crippen molar-refractivity contribution in [3.8, 4) is 0 Å². The highest BCUT2D eigenvalue weighted by atomic mass is 32.2. The lowest BCUT2D eigenvalue weighted by Gasteiger charge is -2.22. The van der Waals surface area contributed by atoms with Crippen LogP contribution in [0.3, 0.4) is 0 Å². The quantitative estimate of drug-likeness (QED) is 0.407. The van der Waals surface area contributed by atoms with E-state index in [1.54, 1.807) is 7.11 Å². The topological polar surface area (TPSA) is 54.7 Å². The van der Waals surface area contributed by atoms with Crippen LogP contribution in [-0.2, 0) is 17.8 Å². The highest BCUT2D eigenvalue weighted by Crippen LogP contribution is 2.26. The van der Waals surface area contributed by atoms with Crippen molar-refractivity contribution in [3.05, 3.63) is 47.3 Å². The molecule has 1 fully saturated rings. The average molecular weight is 416 g/mol. The van der Waals surface area contributed by atoms with Crippen LogP contribution in [0.15, 0.2) is 40.2 Å². The molecule has 1 aromatic heterocycles. The molecule has 1 aliphatic heterocycles. The fourth-order valence-corrected chi connectivity index (χ4v) is 4.83. The van der Waals surface area contributed by atoms with Gasteiger partial charge in [0.25, 0.3) is 0 Å². The van der Waals surface area contributed by atoms with Crippen LogP contribution in [0.2, 0.25) is 0 Å². The molecule has 1 atom stereocenters. The fourth-order valence-electron chi connectivity index (χ4n) is 3.78. The number of aryl methyl sites for hydroxylation is 1. The third-order valence-electron chi connectivity index (χ3n) is 5.49. The zero-order valence-electron chi connectivity index (χ0n) is 18.0. The predicted octanol–water partition coefficient (Wildman–Crippen LogP) is 3.34. The van der Waals surface area contributed by atoms with Crippen LogP contribution in [0.4, 0.5) is 0 Å². The van der Waals surface area contributed by atoms with Gasteiger partial charge in [-0.1, -0.05) is 18.2 Å². The van der Waals surface area contributed by atoms with Crippen molar-refractivity contribution < 1.29 is 4.74 Å². The van der Waals surface area contributed by atoms with Crippen LogP contribution in [-0.4, -0.2) is 60.2 Å². The lowest BCUT2D eigenvalue weighted by atomic mass is 10.2. The van der Waals surface area contributed by atoms with Crippen molar-refractivity contribution in [2.75, 3.05) is 39.6 Å². The summed E-state index contributed by atoms with van der Waals surface area (Å²) >= 11 is 1.95. The lowest BCUT2D eigenvalue weighted by molar-refractivity contribution is 0.182. The van der Waals surface area contributed by atoms with Gasteiger partial charge in [-0.3, -0.25) is 9.67 Å².